The van der Waals surface area contributed by atoms with E-state index in [-0.39, 0.29) is 25.0 Å². The van der Waals surface area contributed by atoms with Crippen LogP contribution in [0.25, 0.3) is 0 Å². The van der Waals surface area contributed by atoms with Gasteiger partial charge in [-0.15, -0.1) is 0 Å². The normalized spacial score (nSPS) is 19.2. The molecule has 0 N–H and O–H groups in total. The molecule has 0 saturated carbocycles. The minimum atomic E-state index is -1.08. The van der Waals surface area contributed by atoms with Crippen molar-refractivity contribution in [1.82, 2.24) is 4.90 Å². The second kappa shape index (κ2) is 15.3. The molecule has 3 aromatic carbocycles. The standard InChI is InChI=1S/C35H41Cl2NO7/c1-7-27(21-43-20-22-11-16-28(41-5)29(17-22)42-6)38-32(23-12-14-25(36)15-13-23)33(24-9-8-10-26(37)18-24)44-30(34(38)40)19-31(39)45-35(2,3)4/h8-18,27,30,32-33H,7,19-21H2,1-6H3/t27-,30-,32?,33-/m0/s1. The summed E-state index contributed by atoms with van der Waals surface area (Å²) >= 11 is 12.7. The average Bonchev–Trinajstić information content (AvgIpc) is 3.00. The zero-order chi connectivity index (χ0) is 32.7. The summed E-state index contributed by atoms with van der Waals surface area (Å²) in [5.74, 6) is 0.389. The van der Waals surface area contributed by atoms with Crippen molar-refractivity contribution in [2.45, 2.75) is 77.0 Å². The lowest BCUT2D eigenvalue weighted by molar-refractivity contribution is -0.188. The first-order chi connectivity index (χ1) is 21.4. The zero-order valence-corrected chi connectivity index (χ0v) is 28.1. The van der Waals surface area contributed by atoms with Crippen molar-refractivity contribution in [3.8, 4) is 11.5 Å². The van der Waals surface area contributed by atoms with Gasteiger partial charge in [-0.25, -0.2) is 0 Å². The summed E-state index contributed by atoms with van der Waals surface area (Å²) < 4.78 is 29.1. The molecular formula is C35H41Cl2NO7. The highest BCUT2D eigenvalue weighted by Crippen LogP contribution is 2.45. The van der Waals surface area contributed by atoms with Crippen LogP contribution < -0.4 is 9.47 Å². The van der Waals surface area contributed by atoms with Crippen molar-refractivity contribution in [2.24, 2.45) is 0 Å². The second-order valence-corrected chi connectivity index (χ2v) is 12.8. The average molecular weight is 659 g/mol. The third-order valence-electron chi connectivity index (χ3n) is 7.48. The number of morpholine rings is 1. The van der Waals surface area contributed by atoms with Gasteiger partial charge in [-0.3, -0.25) is 9.59 Å². The van der Waals surface area contributed by atoms with Gasteiger partial charge in [0.2, 0.25) is 0 Å². The van der Waals surface area contributed by atoms with Crippen molar-refractivity contribution in [2.75, 3.05) is 20.8 Å². The van der Waals surface area contributed by atoms with Gasteiger partial charge < -0.3 is 28.6 Å². The lowest BCUT2D eigenvalue weighted by atomic mass is 9.89. The van der Waals surface area contributed by atoms with Crippen LogP contribution in [0, 0.1) is 0 Å². The third kappa shape index (κ3) is 8.91. The molecule has 1 aliphatic heterocycles. The Hall–Kier alpha value is -3.30. The van der Waals surface area contributed by atoms with E-state index in [1.54, 1.807) is 53.2 Å². The molecule has 10 heteroatoms. The number of amides is 1. The molecule has 3 aromatic rings. The molecule has 1 heterocycles. The van der Waals surface area contributed by atoms with Crippen LogP contribution in [0.3, 0.4) is 0 Å². The summed E-state index contributed by atoms with van der Waals surface area (Å²) in [6, 6.07) is 19.4. The Morgan fingerprint density at radius 3 is 2.27 bits per heavy atom. The van der Waals surface area contributed by atoms with Gasteiger partial charge >= 0.3 is 5.97 Å². The number of hydrogen-bond donors (Lipinski definition) is 0. The van der Waals surface area contributed by atoms with Crippen LogP contribution in [0.4, 0.5) is 0 Å². The molecule has 242 valence electrons. The molecule has 0 aliphatic carbocycles. The van der Waals surface area contributed by atoms with Crippen molar-refractivity contribution >= 4 is 35.1 Å². The number of hydrogen-bond acceptors (Lipinski definition) is 7. The molecule has 0 spiro atoms. The number of methoxy groups -OCH3 is 2. The SMILES string of the molecule is CC[C@@H](COCc1ccc(OC)c(OC)c1)N1C(=O)[C@H](CC(=O)OC(C)(C)C)O[C@@H](c2cccc(Cl)c2)C1c1ccc(Cl)cc1. The minimum absolute atomic E-state index is 0.236. The Balaban J connectivity index is 1.70. The molecule has 1 fully saturated rings. The van der Waals surface area contributed by atoms with Crippen molar-refractivity contribution < 1.29 is 33.3 Å². The number of carbonyl (C=O) groups is 2. The molecule has 0 radical (unpaired) electrons. The molecule has 0 bridgehead atoms. The Morgan fingerprint density at radius 1 is 0.933 bits per heavy atom. The number of esters is 1. The molecule has 8 nitrogen and oxygen atoms in total. The number of nitrogens with zero attached hydrogens (tertiary/aromatic N) is 1. The van der Waals surface area contributed by atoms with Crippen LogP contribution in [0.15, 0.2) is 66.7 Å². The van der Waals surface area contributed by atoms with E-state index in [0.29, 0.717) is 34.6 Å². The van der Waals surface area contributed by atoms with Gasteiger partial charge in [0.25, 0.3) is 5.91 Å². The molecule has 1 aliphatic rings. The van der Waals surface area contributed by atoms with Crippen LogP contribution in [-0.4, -0.2) is 55.3 Å². The number of rotatable bonds is 12. The predicted octanol–water partition coefficient (Wildman–Crippen LogP) is 7.75. The fraction of sp³-hybridized carbons (Fsp3) is 0.429. The highest BCUT2D eigenvalue weighted by molar-refractivity contribution is 6.30. The van der Waals surface area contributed by atoms with Crippen molar-refractivity contribution in [1.29, 1.82) is 0 Å². The minimum Gasteiger partial charge on any atom is -0.493 e. The van der Waals surface area contributed by atoms with Gasteiger partial charge in [0.15, 0.2) is 11.5 Å². The fourth-order valence-electron chi connectivity index (χ4n) is 5.45. The molecule has 1 amide bonds. The monoisotopic (exact) mass is 657 g/mol. The van der Waals surface area contributed by atoms with Gasteiger partial charge in [-0.1, -0.05) is 60.5 Å². The summed E-state index contributed by atoms with van der Waals surface area (Å²) in [7, 11) is 3.17. The van der Waals surface area contributed by atoms with Crippen molar-refractivity contribution in [3.05, 3.63) is 93.5 Å². The summed E-state index contributed by atoms with van der Waals surface area (Å²) in [4.78, 5) is 29.2. The van der Waals surface area contributed by atoms with Gasteiger partial charge in [-0.2, -0.15) is 0 Å². The predicted molar refractivity (Wildman–Crippen MR) is 174 cm³/mol. The first kappa shape index (κ1) is 34.6. The fourth-order valence-corrected chi connectivity index (χ4v) is 5.78. The highest BCUT2D eigenvalue weighted by Gasteiger charge is 2.47. The van der Waals surface area contributed by atoms with E-state index in [9.17, 15) is 9.59 Å². The summed E-state index contributed by atoms with van der Waals surface area (Å²) in [5.41, 5.74) is 1.78. The Bertz CT molecular complexity index is 1460. The first-order valence-electron chi connectivity index (χ1n) is 14.9. The quantitative estimate of drug-likeness (QED) is 0.184. The van der Waals surface area contributed by atoms with E-state index >= 15 is 0 Å². The van der Waals surface area contributed by atoms with Gasteiger partial charge in [0.05, 0.1) is 45.9 Å². The highest BCUT2D eigenvalue weighted by atomic mass is 35.5. The first-order valence-corrected chi connectivity index (χ1v) is 15.7. The van der Waals surface area contributed by atoms with Crippen LogP contribution in [-0.2, 0) is 30.4 Å². The topological polar surface area (TPSA) is 83.5 Å². The molecule has 4 atom stereocenters. The van der Waals surface area contributed by atoms with Crippen LogP contribution in [0.5, 0.6) is 11.5 Å². The van der Waals surface area contributed by atoms with Crippen molar-refractivity contribution in [3.63, 3.8) is 0 Å². The van der Waals surface area contributed by atoms with E-state index in [1.165, 1.54) is 0 Å². The largest absolute Gasteiger partial charge is 0.493 e. The maximum Gasteiger partial charge on any atom is 0.309 e. The molecule has 0 aromatic heterocycles. The number of ether oxygens (including phenoxy) is 5. The van der Waals surface area contributed by atoms with Gasteiger partial charge in [-0.05, 0) is 80.3 Å². The van der Waals surface area contributed by atoms with E-state index in [0.717, 1.165) is 16.7 Å². The molecular weight excluding hydrogens is 617 g/mol. The van der Waals surface area contributed by atoms with E-state index < -0.39 is 29.8 Å². The molecule has 4 rings (SSSR count). The summed E-state index contributed by atoms with van der Waals surface area (Å²) in [6.07, 6.45) is -1.37. The van der Waals surface area contributed by atoms with Crippen LogP contribution in [0.2, 0.25) is 10.0 Å². The van der Waals surface area contributed by atoms with Crippen LogP contribution in [0.1, 0.15) is 69.4 Å². The van der Waals surface area contributed by atoms with E-state index in [2.05, 4.69) is 0 Å². The van der Waals surface area contributed by atoms with Gasteiger partial charge in [0, 0.05) is 10.0 Å². The Morgan fingerprint density at radius 2 is 1.64 bits per heavy atom. The lowest BCUT2D eigenvalue weighted by Gasteiger charge is -2.48. The maximum absolute atomic E-state index is 14.4. The number of benzene rings is 3. The van der Waals surface area contributed by atoms with E-state index in [4.69, 9.17) is 46.9 Å². The lowest BCUT2D eigenvalue weighted by Crippen LogP contribution is -2.56. The maximum atomic E-state index is 14.4. The third-order valence-corrected chi connectivity index (χ3v) is 7.97. The molecule has 1 unspecified atom stereocenters. The van der Waals surface area contributed by atoms with Gasteiger partial charge in [0.1, 0.15) is 17.8 Å². The van der Waals surface area contributed by atoms with Crippen LogP contribution >= 0.6 is 23.2 Å². The summed E-state index contributed by atoms with van der Waals surface area (Å²) in [5, 5.41) is 1.10. The zero-order valence-electron chi connectivity index (χ0n) is 26.5. The Labute approximate surface area is 275 Å². The van der Waals surface area contributed by atoms with E-state index in [1.807, 2.05) is 60.4 Å². The number of halogens is 2. The second-order valence-electron chi connectivity index (χ2n) is 11.9. The molecule has 1 saturated heterocycles. The summed E-state index contributed by atoms with van der Waals surface area (Å²) in [6.45, 7) is 7.89. The molecule has 45 heavy (non-hydrogen) atoms. The smallest absolute Gasteiger partial charge is 0.309 e. The Kier molecular flexibility index (Phi) is 11.8. The number of carbonyl (C=O) groups excluding carboxylic acids is 2.